The van der Waals surface area contributed by atoms with Crippen molar-refractivity contribution in [3.05, 3.63) is 64.2 Å². The molecule has 4 rings (SSSR count). The van der Waals surface area contributed by atoms with Gasteiger partial charge in [0, 0.05) is 31.4 Å². The first-order valence-corrected chi connectivity index (χ1v) is 11.6. The van der Waals surface area contributed by atoms with E-state index < -0.39 is 17.7 Å². The molecule has 1 N–H and O–H groups in total. The minimum Gasteiger partial charge on any atom is -0.507 e. The van der Waals surface area contributed by atoms with E-state index in [1.54, 1.807) is 23.1 Å². The molecule has 0 aromatic heterocycles. The van der Waals surface area contributed by atoms with Gasteiger partial charge in [0.1, 0.15) is 11.5 Å². The number of methoxy groups -OCH3 is 1. The summed E-state index contributed by atoms with van der Waals surface area (Å²) in [5.74, 6) is -0.971. The molecule has 174 valence electrons. The Hall–Kier alpha value is -2.99. The van der Waals surface area contributed by atoms with Gasteiger partial charge in [0.25, 0.3) is 11.7 Å². The van der Waals surface area contributed by atoms with Crippen molar-refractivity contribution in [3.63, 3.8) is 0 Å². The molecule has 1 saturated carbocycles. The molecule has 7 heteroatoms. The number of halogens is 1. The summed E-state index contributed by atoms with van der Waals surface area (Å²) < 4.78 is 5.20. The topological polar surface area (TPSA) is 70.1 Å². The monoisotopic (exact) mass is 468 g/mol. The lowest BCUT2D eigenvalue weighted by atomic mass is 9.91. The molecule has 2 aliphatic rings. The van der Waals surface area contributed by atoms with E-state index in [-0.39, 0.29) is 17.4 Å². The zero-order valence-corrected chi connectivity index (χ0v) is 19.9. The first-order valence-electron chi connectivity index (χ1n) is 11.2. The number of Topliss-reactive ketones (excluding diaryl/α,β-unsaturated/α-hetero) is 1. The van der Waals surface area contributed by atoms with Crippen molar-refractivity contribution >= 4 is 34.7 Å². The Morgan fingerprint density at radius 2 is 1.73 bits per heavy atom. The quantitative estimate of drug-likeness (QED) is 0.372. The molecule has 1 amide bonds. The van der Waals surface area contributed by atoms with Gasteiger partial charge < -0.3 is 19.6 Å². The average molecular weight is 469 g/mol. The van der Waals surface area contributed by atoms with Crippen LogP contribution >= 0.6 is 11.6 Å². The summed E-state index contributed by atoms with van der Waals surface area (Å²) in [5.41, 5.74) is 2.28. The van der Waals surface area contributed by atoms with E-state index in [4.69, 9.17) is 16.3 Å². The first-order chi connectivity index (χ1) is 15.8. The number of anilines is 1. The van der Waals surface area contributed by atoms with Gasteiger partial charge in [0.15, 0.2) is 0 Å². The molecule has 33 heavy (non-hydrogen) atoms. The molecule has 6 nitrogen and oxygen atoms in total. The summed E-state index contributed by atoms with van der Waals surface area (Å²) in [4.78, 5) is 30.2. The lowest BCUT2D eigenvalue weighted by molar-refractivity contribution is -0.141. The van der Waals surface area contributed by atoms with Gasteiger partial charge in [-0.25, -0.2) is 0 Å². The SMILES string of the molecule is COc1ccc(/C(O)=C2/C(=O)C(=O)N(C3CCCCC3)C2c2ccc(N(C)C)cc2)cc1Cl. The normalized spacial score (nSPS) is 20.8. The van der Waals surface area contributed by atoms with Crippen LogP contribution in [0.4, 0.5) is 5.69 Å². The van der Waals surface area contributed by atoms with Crippen LogP contribution in [0, 0.1) is 0 Å². The van der Waals surface area contributed by atoms with E-state index in [0.29, 0.717) is 16.3 Å². The number of carbonyl (C=O) groups is 2. The maximum Gasteiger partial charge on any atom is 0.295 e. The van der Waals surface area contributed by atoms with E-state index in [9.17, 15) is 14.7 Å². The van der Waals surface area contributed by atoms with E-state index in [0.717, 1.165) is 43.4 Å². The van der Waals surface area contributed by atoms with Gasteiger partial charge >= 0.3 is 0 Å². The number of ether oxygens (including phenoxy) is 1. The number of benzene rings is 2. The second kappa shape index (κ2) is 9.48. The number of aliphatic hydroxyl groups is 1. The number of hydrogen-bond donors (Lipinski definition) is 1. The number of carbonyl (C=O) groups excluding carboxylic acids is 2. The molecule has 1 heterocycles. The number of amides is 1. The van der Waals surface area contributed by atoms with Crippen LogP contribution < -0.4 is 9.64 Å². The van der Waals surface area contributed by atoms with E-state index >= 15 is 0 Å². The van der Waals surface area contributed by atoms with Crippen LogP contribution in [0.25, 0.3) is 5.76 Å². The third-order valence-electron chi connectivity index (χ3n) is 6.60. The van der Waals surface area contributed by atoms with E-state index in [1.807, 2.05) is 43.3 Å². The Labute approximate surface area is 199 Å². The Bertz CT molecular complexity index is 1090. The van der Waals surface area contributed by atoms with Crippen LogP contribution in [0.2, 0.25) is 5.02 Å². The van der Waals surface area contributed by atoms with Crippen LogP contribution in [-0.4, -0.2) is 48.9 Å². The average Bonchev–Trinajstić information content (AvgIpc) is 3.09. The standard InChI is InChI=1S/C26H29ClN2O4/c1-28(2)18-12-9-16(10-13-18)23-22(24(30)17-11-14-21(33-3)20(27)15-17)25(31)26(32)29(23)19-7-5-4-6-8-19/h9-15,19,23,30H,4-8H2,1-3H3/b24-22-. The van der Waals surface area contributed by atoms with Crippen molar-refractivity contribution in [1.29, 1.82) is 0 Å². The Balaban J connectivity index is 1.85. The van der Waals surface area contributed by atoms with Crippen LogP contribution in [0.1, 0.15) is 49.3 Å². The highest BCUT2D eigenvalue weighted by Crippen LogP contribution is 2.43. The molecule has 0 spiro atoms. The van der Waals surface area contributed by atoms with E-state index in [1.165, 1.54) is 7.11 Å². The van der Waals surface area contributed by atoms with Gasteiger partial charge in [-0.05, 0) is 48.7 Å². The van der Waals surface area contributed by atoms with Gasteiger partial charge in [-0.15, -0.1) is 0 Å². The number of rotatable bonds is 5. The predicted molar refractivity (Wildman–Crippen MR) is 130 cm³/mol. The molecule has 2 fully saturated rings. The number of hydrogen-bond acceptors (Lipinski definition) is 5. The largest absolute Gasteiger partial charge is 0.507 e. The number of nitrogens with zero attached hydrogens (tertiary/aromatic N) is 2. The highest BCUT2D eigenvalue weighted by molar-refractivity contribution is 6.46. The zero-order valence-electron chi connectivity index (χ0n) is 19.2. The predicted octanol–water partition coefficient (Wildman–Crippen LogP) is 5.17. The number of aliphatic hydroxyl groups excluding tert-OH is 1. The molecule has 0 radical (unpaired) electrons. The summed E-state index contributed by atoms with van der Waals surface area (Å²) >= 11 is 6.27. The molecule has 0 bridgehead atoms. The highest BCUT2D eigenvalue weighted by Gasteiger charge is 2.48. The first kappa shape index (κ1) is 23.2. The Kier molecular flexibility index (Phi) is 6.66. The summed E-state index contributed by atoms with van der Waals surface area (Å²) in [6.07, 6.45) is 4.89. The van der Waals surface area contributed by atoms with Crippen molar-refractivity contribution in [2.24, 2.45) is 0 Å². The second-order valence-electron chi connectivity index (χ2n) is 8.83. The van der Waals surface area contributed by atoms with Gasteiger partial charge in [-0.1, -0.05) is 43.0 Å². The van der Waals surface area contributed by atoms with Crippen LogP contribution in [0.3, 0.4) is 0 Å². The lowest BCUT2D eigenvalue weighted by Crippen LogP contribution is -2.40. The van der Waals surface area contributed by atoms with Gasteiger partial charge in [0.2, 0.25) is 0 Å². The summed E-state index contributed by atoms with van der Waals surface area (Å²) in [6, 6.07) is 11.9. The molecular weight excluding hydrogens is 440 g/mol. The molecule has 1 saturated heterocycles. The fourth-order valence-electron chi connectivity index (χ4n) is 4.84. The molecule has 1 unspecified atom stereocenters. The second-order valence-corrected chi connectivity index (χ2v) is 9.24. The molecular formula is C26H29ClN2O4. The van der Waals surface area contributed by atoms with Gasteiger partial charge in [-0.3, -0.25) is 9.59 Å². The maximum atomic E-state index is 13.3. The Morgan fingerprint density at radius 3 is 2.30 bits per heavy atom. The molecule has 1 aliphatic heterocycles. The summed E-state index contributed by atoms with van der Waals surface area (Å²) in [5, 5.41) is 11.6. The fourth-order valence-corrected chi connectivity index (χ4v) is 5.09. The molecule has 1 atom stereocenters. The van der Waals surface area contributed by atoms with Crippen molar-refractivity contribution in [3.8, 4) is 5.75 Å². The molecule has 2 aromatic carbocycles. The zero-order chi connectivity index (χ0) is 23.7. The fraction of sp³-hybridized carbons (Fsp3) is 0.385. The number of likely N-dealkylation sites (tertiary alicyclic amines) is 1. The third kappa shape index (κ3) is 4.32. The minimum atomic E-state index is -0.660. The highest BCUT2D eigenvalue weighted by atomic mass is 35.5. The maximum absolute atomic E-state index is 13.3. The van der Waals surface area contributed by atoms with Crippen LogP contribution in [0.15, 0.2) is 48.0 Å². The van der Waals surface area contributed by atoms with Crippen molar-refractivity contribution in [2.45, 2.75) is 44.2 Å². The summed E-state index contributed by atoms with van der Waals surface area (Å²) in [7, 11) is 5.42. The van der Waals surface area contributed by atoms with E-state index in [2.05, 4.69) is 0 Å². The molecule has 1 aliphatic carbocycles. The number of ketones is 1. The van der Waals surface area contributed by atoms with Gasteiger partial charge in [-0.2, -0.15) is 0 Å². The smallest absolute Gasteiger partial charge is 0.295 e. The van der Waals surface area contributed by atoms with Crippen LogP contribution in [-0.2, 0) is 9.59 Å². The minimum absolute atomic E-state index is 0.0292. The Morgan fingerprint density at radius 1 is 1.06 bits per heavy atom. The van der Waals surface area contributed by atoms with Crippen molar-refractivity contribution in [1.82, 2.24) is 4.90 Å². The summed E-state index contributed by atoms with van der Waals surface area (Å²) in [6.45, 7) is 0. The van der Waals surface area contributed by atoms with Crippen molar-refractivity contribution < 1.29 is 19.4 Å². The van der Waals surface area contributed by atoms with Crippen molar-refractivity contribution in [2.75, 3.05) is 26.1 Å². The molecule has 2 aromatic rings. The van der Waals surface area contributed by atoms with Gasteiger partial charge in [0.05, 0.1) is 23.7 Å². The lowest BCUT2D eigenvalue weighted by Gasteiger charge is -2.35. The van der Waals surface area contributed by atoms with Crippen LogP contribution in [0.5, 0.6) is 5.75 Å². The third-order valence-corrected chi connectivity index (χ3v) is 6.89.